The molecule has 0 aliphatic heterocycles. The molecule has 31 heavy (non-hydrogen) atoms. The fraction of sp³-hybridized carbons (Fsp3) is 0.261. The molecule has 3 rings (SSSR count). The van der Waals surface area contributed by atoms with Crippen molar-refractivity contribution in [3.05, 3.63) is 71.0 Å². The molecule has 0 aliphatic carbocycles. The lowest BCUT2D eigenvalue weighted by molar-refractivity contribution is -0.134. The SMILES string of the molecule is CCN(CC(=O)Nc1cc(Cl)ccc1C)C(=O)CCc1ncc(-c2ccccc2F)o1. The normalized spacial score (nSPS) is 10.7. The number of oxazole rings is 1. The van der Waals surface area contributed by atoms with Crippen LogP contribution < -0.4 is 5.32 Å². The predicted molar refractivity (Wildman–Crippen MR) is 117 cm³/mol. The summed E-state index contributed by atoms with van der Waals surface area (Å²) in [5.74, 6) is -0.269. The van der Waals surface area contributed by atoms with Gasteiger partial charge in [-0.1, -0.05) is 29.8 Å². The third-order valence-electron chi connectivity index (χ3n) is 4.79. The van der Waals surface area contributed by atoms with Gasteiger partial charge in [-0.05, 0) is 43.7 Å². The molecule has 0 saturated heterocycles. The zero-order valence-corrected chi connectivity index (χ0v) is 18.1. The summed E-state index contributed by atoms with van der Waals surface area (Å²) < 4.78 is 19.5. The molecule has 1 heterocycles. The largest absolute Gasteiger partial charge is 0.441 e. The Balaban J connectivity index is 1.56. The highest BCUT2D eigenvalue weighted by atomic mass is 35.5. The maximum atomic E-state index is 13.9. The minimum atomic E-state index is -0.403. The second kappa shape index (κ2) is 10.2. The lowest BCUT2D eigenvalue weighted by atomic mass is 10.2. The summed E-state index contributed by atoms with van der Waals surface area (Å²) >= 11 is 5.98. The first-order chi connectivity index (χ1) is 14.9. The summed E-state index contributed by atoms with van der Waals surface area (Å²) in [5, 5.41) is 3.31. The lowest BCUT2D eigenvalue weighted by Gasteiger charge is -2.20. The van der Waals surface area contributed by atoms with Crippen molar-refractivity contribution in [2.75, 3.05) is 18.4 Å². The molecule has 8 heteroatoms. The van der Waals surface area contributed by atoms with Crippen molar-refractivity contribution in [1.29, 1.82) is 0 Å². The van der Waals surface area contributed by atoms with Crippen LogP contribution in [0.1, 0.15) is 24.8 Å². The molecule has 1 aromatic heterocycles. The monoisotopic (exact) mass is 443 g/mol. The van der Waals surface area contributed by atoms with Crippen molar-refractivity contribution in [3.63, 3.8) is 0 Å². The van der Waals surface area contributed by atoms with E-state index < -0.39 is 5.82 Å². The number of nitrogens with zero attached hydrogens (tertiary/aromatic N) is 2. The number of hydrogen-bond donors (Lipinski definition) is 1. The van der Waals surface area contributed by atoms with Gasteiger partial charge in [0.25, 0.3) is 0 Å². The van der Waals surface area contributed by atoms with Crippen LogP contribution in [0.3, 0.4) is 0 Å². The molecular weight excluding hydrogens is 421 g/mol. The fourth-order valence-electron chi connectivity index (χ4n) is 3.05. The van der Waals surface area contributed by atoms with Crippen LogP contribution in [0.4, 0.5) is 10.1 Å². The maximum absolute atomic E-state index is 13.9. The Morgan fingerprint density at radius 3 is 2.74 bits per heavy atom. The standard InChI is InChI=1S/C23H23ClFN3O3/c1-3-28(14-21(29)27-19-12-16(24)9-8-15(19)2)23(30)11-10-22-26-13-20(31-22)17-6-4-5-7-18(17)25/h4-9,12-13H,3,10-11,14H2,1-2H3,(H,27,29). The van der Waals surface area contributed by atoms with E-state index in [1.165, 1.54) is 17.2 Å². The third kappa shape index (κ3) is 5.92. The number of aryl methyl sites for hydroxylation is 2. The fourth-order valence-corrected chi connectivity index (χ4v) is 3.22. The van der Waals surface area contributed by atoms with E-state index in [-0.39, 0.29) is 31.2 Å². The number of halogens is 2. The Morgan fingerprint density at radius 2 is 2.00 bits per heavy atom. The molecule has 0 atom stereocenters. The first-order valence-corrected chi connectivity index (χ1v) is 10.3. The van der Waals surface area contributed by atoms with Gasteiger partial charge in [0.15, 0.2) is 11.7 Å². The minimum Gasteiger partial charge on any atom is -0.441 e. The molecule has 0 fully saturated rings. The van der Waals surface area contributed by atoms with Gasteiger partial charge in [0, 0.05) is 30.1 Å². The van der Waals surface area contributed by atoms with Crippen molar-refractivity contribution in [1.82, 2.24) is 9.88 Å². The quantitative estimate of drug-likeness (QED) is 0.539. The van der Waals surface area contributed by atoms with E-state index in [0.29, 0.717) is 34.5 Å². The number of amides is 2. The first kappa shape index (κ1) is 22.5. The number of benzene rings is 2. The second-order valence-corrected chi connectivity index (χ2v) is 7.45. The number of carbonyl (C=O) groups excluding carboxylic acids is 2. The van der Waals surface area contributed by atoms with E-state index >= 15 is 0 Å². The van der Waals surface area contributed by atoms with Crippen molar-refractivity contribution < 1.29 is 18.4 Å². The van der Waals surface area contributed by atoms with Crippen LogP contribution in [0.2, 0.25) is 5.02 Å². The summed E-state index contributed by atoms with van der Waals surface area (Å²) in [6.07, 6.45) is 1.81. The highest BCUT2D eigenvalue weighted by Gasteiger charge is 2.18. The summed E-state index contributed by atoms with van der Waals surface area (Å²) in [4.78, 5) is 30.6. The topological polar surface area (TPSA) is 75.4 Å². The van der Waals surface area contributed by atoms with E-state index in [9.17, 15) is 14.0 Å². The van der Waals surface area contributed by atoms with Crippen LogP contribution in [-0.4, -0.2) is 34.8 Å². The number of anilines is 1. The van der Waals surface area contributed by atoms with Crippen LogP contribution in [0.5, 0.6) is 0 Å². The molecule has 0 aliphatic rings. The van der Waals surface area contributed by atoms with Gasteiger partial charge in [0.2, 0.25) is 11.8 Å². The van der Waals surface area contributed by atoms with Crippen LogP contribution in [0.15, 0.2) is 53.1 Å². The molecule has 3 aromatic rings. The number of carbonyl (C=O) groups is 2. The minimum absolute atomic E-state index is 0.0760. The molecule has 162 valence electrons. The number of hydrogen-bond acceptors (Lipinski definition) is 4. The first-order valence-electron chi connectivity index (χ1n) is 9.90. The second-order valence-electron chi connectivity index (χ2n) is 7.01. The Bertz CT molecular complexity index is 1080. The predicted octanol–water partition coefficient (Wildman–Crippen LogP) is 4.86. The van der Waals surface area contributed by atoms with Crippen molar-refractivity contribution in [2.24, 2.45) is 0 Å². The lowest BCUT2D eigenvalue weighted by Crippen LogP contribution is -2.38. The third-order valence-corrected chi connectivity index (χ3v) is 5.02. The van der Waals surface area contributed by atoms with Crippen molar-refractivity contribution >= 4 is 29.1 Å². The van der Waals surface area contributed by atoms with Crippen LogP contribution >= 0.6 is 11.6 Å². The van der Waals surface area contributed by atoms with Crippen LogP contribution in [0.25, 0.3) is 11.3 Å². The molecule has 0 saturated carbocycles. The van der Waals surface area contributed by atoms with E-state index in [1.807, 2.05) is 13.0 Å². The van der Waals surface area contributed by atoms with Gasteiger partial charge in [-0.3, -0.25) is 9.59 Å². The molecule has 2 aromatic carbocycles. The molecule has 0 unspecified atom stereocenters. The Morgan fingerprint density at radius 1 is 1.23 bits per heavy atom. The van der Waals surface area contributed by atoms with Crippen molar-refractivity contribution in [3.8, 4) is 11.3 Å². The number of nitrogens with one attached hydrogen (secondary N) is 1. The summed E-state index contributed by atoms with van der Waals surface area (Å²) in [5.41, 5.74) is 1.80. The van der Waals surface area contributed by atoms with E-state index in [4.69, 9.17) is 16.0 Å². The Hall–Kier alpha value is -3.19. The molecule has 1 N–H and O–H groups in total. The van der Waals surface area contributed by atoms with Gasteiger partial charge >= 0.3 is 0 Å². The van der Waals surface area contributed by atoms with Gasteiger partial charge in [-0.15, -0.1) is 0 Å². The molecule has 0 bridgehead atoms. The zero-order chi connectivity index (χ0) is 22.4. The number of aromatic nitrogens is 1. The summed E-state index contributed by atoms with van der Waals surface area (Å²) in [7, 11) is 0. The molecule has 0 spiro atoms. The Kier molecular flexibility index (Phi) is 7.41. The van der Waals surface area contributed by atoms with E-state index in [2.05, 4.69) is 10.3 Å². The average Bonchev–Trinajstić information content (AvgIpc) is 3.22. The summed E-state index contributed by atoms with van der Waals surface area (Å²) in [6.45, 7) is 3.97. The Labute approximate surface area is 185 Å². The summed E-state index contributed by atoms with van der Waals surface area (Å²) in [6, 6.07) is 11.5. The molecular formula is C23H23ClFN3O3. The smallest absolute Gasteiger partial charge is 0.244 e. The van der Waals surface area contributed by atoms with E-state index in [0.717, 1.165) is 5.56 Å². The molecule has 0 radical (unpaired) electrons. The number of rotatable bonds is 8. The van der Waals surface area contributed by atoms with Gasteiger partial charge in [-0.2, -0.15) is 0 Å². The van der Waals surface area contributed by atoms with Crippen molar-refractivity contribution in [2.45, 2.75) is 26.7 Å². The number of likely N-dealkylation sites (N-methyl/N-ethyl adjacent to an activating group) is 1. The van der Waals surface area contributed by atoms with Gasteiger partial charge < -0.3 is 14.6 Å². The molecule has 2 amide bonds. The van der Waals surface area contributed by atoms with E-state index in [1.54, 1.807) is 37.3 Å². The van der Waals surface area contributed by atoms with Crippen LogP contribution in [-0.2, 0) is 16.0 Å². The van der Waals surface area contributed by atoms with Gasteiger partial charge in [-0.25, -0.2) is 9.37 Å². The molecule has 6 nitrogen and oxygen atoms in total. The highest BCUT2D eigenvalue weighted by molar-refractivity contribution is 6.31. The van der Waals surface area contributed by atoms with Gasteiger partial charge in [0.1, 0.15) is 5.82 Å². The average molecular weight is 444 g/mol. The maximum Gasteiger partial charge on any atom is 0.244 e. The highest BCUT2D eigenvalue weighted by Crippen LogP contribution is 2.24. The zero-order valence-electron chi connectivity index (χ0n) is 17.3. The van der Waals surface area contributed by atoms with Gasteiger partial charge in [0.05, 0.1) is 18.3 Å². The van der Waals surface area contributed by atoms with Crippen LogP contribution in [0, 0.1) is 12.7 Å².